The lowest BCUT2D eigenvalue weighted by Crippen LogP contribution is -1.86. The minimum Gasteiger partial charge on any atom is -0.508 e. The molecule has 2 aromatic carbocycles. The van der Waals surface area contributed by atoms with Crippen LogP contribution in [0.15, 0.2) is 47.8 Å². The van der Waals surface area contributed by atoms with Crippen LogP contribution in [-0.4, -0.2) is 10.1 Å². The fourth-order valence-electron chi connectivity index (χ4n) is 1.91. The van der Waals surface area contributed by atoms with Gasteiger partial charge in [0.15, 0.2) is 0 Å². The van der Waals surface area contributed by atoms with E-state index in [1.165, 1.54) is 23.5 Å². The molecule has 0 bridgehead atoms. The molecule has 100 valence electrons. The van der Waals surface area contributed by atoms with Gasteiger partial charge in [0.2, 0.25) is 0 Å². The van der Waals surface area contributed by atoms with Gasteiger partial charge in [-0.15, -0.1) is 11.3 Å². The number of phenols is 1. The monoisotopic (exact) mass is 286 g/mol. The molecule has 1 aromatic heterocycles. The Balaban J connectivity index is 2.02. The predicted octanol–water partition coefficient (Wildman–Crippen LogP) is 3.90. The zero-order valence-corrected chi connectivity index (χ0v) is 11.2. The second-order valence-corrected chi connectivity index (χ2v) is 5.19. The second kappa shape index (κ2) is 4.94. The zero-order chi connectivity index (χ0) is 14.1. The largest absolute Gasteiger partial charge is 0.508 e. The standard InChI is InChI=1S/C15H11FN2OS/c16-13-7-11(19)4-5-12(13)15-18-14(8-20-15)9-2-1-3-10(17)6-9/h1-8,19H,17H2. The smallest absolute Gasteiger partial charge is 0.137 e. The number of anilines is 1. The van der Waals surface area contributed by atoms with Crippen molar-refractivity contribution in [3.05, 3.63) is 53.7 Å². The SMILES string of the molecule is Nc1cccc(-c2csc(-c3ccc(O)cc3F)n2)c1. The first-order valence-corrected chi connectivity index (χ1v) is 6.82. The molecule has 0 radical (unpaired) electrons. The highest BCUT2D eigenvalue weighted by Crippen LogP contribution is 2.32. The third-order valence-corrected chi connectivity index (χ3v) is 3.75. The highest BCUT2D eigenvalue weighted by atomic mass is 32.1. The second-order valence-electron chi connectivity index (χ2n) is 4.33. The lowest BCUT2D eigenvalue weighted by Gasteiger charge is -2.00. The Labute approximate surface area is 119 Å². The highest BCUT2D eigenvalue weighted by molar-refractivity contribution is 7.13. The van der Waals surface area contributed by atoms with E-state index in [1.807, 2.05) is 23.6 Å². The summed E-state index contributed by atoms with van der Waals surface area (Å²) < 4.78 is 13.8. The number of thiazole rings is 1. The number of nitrogens with two attached hydrogens (primary N) is 1. The Morgan fingerprint density at radius 1 is 1.15 bits per heavy atom. The van der Waals surface area contributed by atoms with Crippen LogP contribution in [0.5, 0.6) is 5.75 Å². The fraction of sp³-hybridized carbons (Fsp3) is 0. The van der Waals surface area contributed by atoms with Crippen molar-refractivity contribution in [3.63, 3.8) is 0 Å². The summed E-state index contributed by atoms with van der Waals surface area (Å²) in [6.07, 6.45) is 0. The maximum atomic E-state index is 13.8. The molecule has 5 heteroatoms. The van der Waals surface area contributed by atoms with Crippen molar-refractivity contribution < 1.29 is 9.50 Å². The number of rotatable bonds is 2. The minimum atomic E-state index is -0.488. The summed E-state index contributed by atoms with van der Waals surface area (Å²) in [5, 5.41) is 11.7. The first kappa shape index (κ1) is 12.6. The lowest BCUT2D eigenvalue weighted by atomic mass is 10.1. The number of hydrogen-bond donors (Lipinski definition) is 2. The van der Waals surface area contributed by atoms with Crippen molar-refractivity contribution in [3.8, 4) is 27.6 Å². The topological polar surface area (TPSA) is 59.1 Å². The van der Waals surface area contributed by atoms with Gasteiger partial charge in [-0.05, 0) is 24.3 Å². The van der Waals surface area contributed by atoms with Crippen LogP contribution < -0.4 is 5.73 Å². The normalized spacial score (nSPS) is 10.7. The number of aromatic hydroxyl groups is 1. The van der Waals surface area contributed by atoms with Crippen LogP contribution in [0, 0.1) is 5.82 Å². The molecule has 0 unspecified atom stereocenters. The number of nitrogen functional groups attached to an aromatic ring is 1. The van der Waals surface area contributed by atoms with Crippen molar-refractivity contribution >= 4 is 17.0 Å². The Morgan fingerprint density at radius 3 is 2.75 bits per heavy atom. The van der Waals surface area contributed by atoms with E-state index in [0.717, 1.165) is 17.3 Å². The van der Waals surface area contributed by atoms with E-state index in [0.29, 0.717) is 16.3 Å². The summed E-state index contributed by atoms with van der Waals surface area (Å²) in [5.41, 5.74) is 8.43. The molecular formula is C15H11FN2OS. The van der Waals surface area contributed by atoms with Gasteiger partial charge in [0.25, 0.3) is 0 Å². The summed E-state index contributed by atoms with van der Waals surface area (Å²) in [4.78, 5) is 4.42. The van der Waals surface area contributed by atoms with E-state index < -0.39 is 5.82 Å². The van der Waals surface area contributed by atoms with Crippen molar-refractivity contribution in [1.82, 2.24) is 4.98 Å². The molecule has 3 N–H and O–H groups in total. The Morgan fingerprint density at radius 2 is 2.00 bits per heavy atom. The van der Waals surface area contributed by atoms with E-state index >= 15 is 0 Å². The Hall–Kier alpha value is -2.40. The van der Waals surface area contributed by atoms with E-state index in [4.69, 9.17) is 5.73 Å². The van der Waals surface area contributed by atoms with Gasteiger partial charge in [0.1, 0.15) is 16.6 Å². The number of aromatic nitrogens is 1. The molecule has 3 aromatic rings. The first-order chi connectivity index (χ1) is 9.63. The molecule has 0 aliphatic carbocycles. The maximum absolute atomic E-state index is 13.8. The molecule has 0 atom stereocenters. The summed E-state index contributed by atoms with van der Waals surface area (Å²) in [5.74, 6) is -0.586. The van der Waals surface area contributed by atoms with E-state index in [1.54, 1.807) is 6.07 Å². The van der Waals surface area contributed by atoms with E-state index in [-0.39, 0.29) is 5.75 Å². The molecular weight excluding hydrogens is 275 g/mol. The van der Waals surface area contributed by atoms with Crippen LogP contribution in [0.1, 0.15) is 0 Å². The van der Waals surface area contributed by atoms with Gasteiger partial charge in [0.05, 0.1) is 5.69 Å². The van der Waals surface area contributed by atoms with Gasteiger partial charge in [0, 0.05) is 28.3 Å². The van der Waals surface area contributed by atoms with Crippen LogP contribution >= 0.6 is 11.3 Å². The van der Waals surface area contributed by atoms with Gasteiger partial charge in [-0.2, -0.15) is 0 Å². The molecule has 0 fully saturated rings. The molecule has 0 saturated carbocycles. The number of hydrogen-bond acceptors (Lipinski definition) is 4. The third kappa shape index (κ3) is 2.35. The van der Waals surface area contributed by atoms with Crippen LogP contribution in [0.25, 0.3) is 21.8 Å². The van der Waals surface area contributed by atoms with E-state index in [2.05, 4.69) is 4.98 Å². The van der Waals surface area contributed by atoms with Crippen LogP contribution in [0.2, 0.25) is 0 Å². The molecule has 0 amide bonds. The maximum Gasteiger partial charge on any atom is 0.137 e. The molecule has 0 aliphatic heterocycles. The van der Waals surface area contributed by atoms with Crippen LogP contribution in [0.4, 0.5) is 10.1 Å². The summed E-state index contributed by atoms with van der Waals surface area (Å²) >= 11 is 1.35. The quantitative estimate of drug-likeness (QED) is 0.702. The van der Waals surface area contributed by atoms with Gasteiger partial charge in [-0.25, -0.2) is 9.37 Å². The van der Waals surface area contributed by atoms with Crippen molar-refractivity contribution in [2.24, 2.45) is 0 Å². The average molecular weight is 286 g/mol. The van der Waals surface area contributed by atoms with Crippen molar-refractivity contribution in [1.29, 1.82) is 0 Å². The Kier molecular flexibility index (Phi) is 3.12. The van der Waals surface area contributed by atoms with Gasteiger partial charge < -0.3 is 10.8 Å². The molecule has 20 heavy (non-hydrogen) atoms. The molecule has 0 saturated heterocycles. The van der Waals surface area contributed by atoms with Gasteiger partial charge in [-0.3, -0.25) is 0 Å². The zero-order valence-electron chi connectivity index (χ0n) is 10.4. The van der Waals surface area contributed by atoms with Crippen LogP contribution in [-0.2, 0) is 0 Å². The number of phenolic OH excluding ortho intramolecular Hbond substituents is 1. The average Bonchev–Trinajstić information content (AvgIpc) is 2.88. The summed E-state index contributed by atoms with van der Waals surface area (Å²) in [6, 6.07) is 11.4. The first-order valence-electron chi connectivity index (χ1n) is 5.94. The summed E-state index contributed by atoms with van der Waals surface area (Å²) in [6.45, 7) is 0. The number of benzene rings is 2. The number of halogens is 1. The van der Waals surface area contributed by atoms with Crippen molar-refractivity contribution in [2.75, 3.05) is 5.73 Å². The molecule has 1 heterocycles. The van der Waals surface area contributed by atoms with Crippen molar-refractivity contribution in [2.45, 2.75) is 0 Å². The predicted molar refractivity (Wildman–Crippen MR) is 79.0 cm³/mol. The summed E-state index contributed by atoms with van der Waals surface area (Å²) in [7, 11) is 0. The lowest BCUT2D eigenvalue weighted by molar-refractivity contribution is 0.469. The third-order valence-electron chi connectivity index (χ3n) is 2.87. The number of nitrogens with zero attached hydrogens (tertiary/aromatic N) is 1. The molecule has 0 spiro atoms. The van der Waals surface area contributed by atoms with E-state index in [9.17, 15) is 9.50 Å². The highest BCUT2D eigenvalue weighted by Gasteiger charge is 2.11. The Bertz CT molecular complexity index is 770. The minimum absolute atomic E-state index is 0.0983. The van der Waals surface area contributed by atoms with Gasteiger partial charge >= 0.3 is 0 Å². The van der Waals surface area contributed by atoms with Gasteiger partial charge in [-0.1, -0.05) is 12.1 Å². The fourth-order valence-corrected chi connectivity index (χ4v) is 2.76. The molecule has 0 aliphatic rings. The molecule has 3 rings (SSSR count). The molecule has 3 nitrogen and oxygen atoms in total. The van der Waals surface area contributed by atoms with Crippen LogP contribution in [0.3, 0.4) is 0 Å².